The van der Waals surface area contributed by atoms with Crippen LogP contribution in [0.2, 0.25) is 0 Å². The third-order valence-corrected chi connectivity index (χ3v) is 7.94. The molecule has 3 heterocycles. The van der Waals surface area contributed by atoms with Crippen molar-refractivity contribution < 1.29 is 9.47 Å². The van der Waals surface area contributed by atoms with Crippen LogP contribution >= 0.6 is 11.8 Å². The van der Waals surface area contributed by atoms with Gasteiger partial charge in [-0.3, -0.25) is 4.90 Å². The van der Waals surface area contributed by atoms with Gasteiger partial charge in [0.1, 0.15) is 11.6 Å². The predicted octanol–water partition coefficient (Wildman–Crippen LogP) is 4.99. The number of piperidine rings is 1. The Labute approximate surface area is 206 Å². The van der Waals surface area contributed by atoms with Gasteiger partial charge in [0.2, 0.25) is 0 Å². The highest BCUT2D eigenvalue weighted by Crippen LogP contribution is 2.32. The number of likely N-dealkylation sites (tertiary alicyclic amines) is 1. The number of thioether (sulfide) groups is 1. The summed E-state index contributed by atoms with van der Waals surface area (Å²) in [5, 5.41) is 10.4. The van der Waals surface area contributed by atoms with Crippen LogP contribution in [0.4, 0.5) is 0 Å². The number of hydrogen-bond acceptors (Lipinski definition) is 6. The van der Waals surface area contributed by atoms with Crippen LogP contribution in [-0.2, 0) is 17.8 Å². The van der Waals surface area contributed by atoms with Crippen molar-refractivity contribution in [3.05, 3.63) is 71.5 Å². The number of rotatable bonds is 9. The van der Waals surface area contributed by atoms with Crippen LogP contribution in [0.3, 0.4) is 0 Å². The van der Waals surface area contributed by atoms with Crippen molar-refractivity contribution in [3.63, 3.8) is 0 Å². The molecule has 0 spiro atoms. The minimum absolute atomic E-state index is 0.343. The van der Waals surface area contributed by atoms with E-state index >= 15 is 0 Å². The zero-order valence-corrected chi connectivity index (χ0v) is 20.8. The molecule has 1 atom stereocenters. The van der Waals surface area contributed by atoms with Gasteiger partial charge in [0.15, 0.2) is 5.16 Å². The summed E-state index contributed by atoms with van der Waals surface area (Å²) in [6, 6.07) is 19.1. The van der Waals surface area contributed by atoms with E-state index in [0.717, 1.165) is 74.5 Å². The molecule has 7 heteroatoms. The van der Waals surface area contributed by atoms with Crippen LogP contribution in [-0.4, -0.2) is 58.3 Å². The van der Waals surface area contributed by atoms with Crippen LogP contribution in [0.1, 0.15) is 48.6 Å². The highest BCUT2D eigenvalue weighted by molar-refractivity contribution is 7.99. The topological polar surface area (TPSA) is 52.4 Å². The van der Waals surface area contributed by atoms with E-state index in [1.165, 1.54) is 17.5 Å². The summed E-state index contributed by atoms with van der Waals surface area (Å²) in [5.41, 5.74) is 2.59. The van der Waals surface area contributed by atoms with Gasteiger partial charge in [-0.1, -0.05) is 54.2 Å². The highest BCUT2D eigenvalue weighted by atomic mass is 32.2. The van der Waals surface area contributed by atoms with Crippen molar-refractivity contribution in [1.29, 1.82) is 0 Å². The first-order chi connectivity index (χ1) is 16.8. The zero-order valence-electron chi connectivity index (χ0n) is 19.9. The standard InChI is InChI=1S/C27H34N4O2S/c1-32-24-10-5-9-22(17-24)18-30-14-12-23(13-15-30)26-28-29-27(34-20-25-11-6-16-33-25)31(26)19-21-7-3-2-4-8-21/h2-5,7-10,17,23,25H,6,11-16,18-20H2,1H3. The monoisotopic (exact) mass is 478 g/mol. The van der Waals surface area contributed by atoms with E-state index in [9.17, 15) is 0 Å². The molecule has 2 aliphatic heterocycles. The molecular weight excluding hydrogens is 444 g/mol. The molecule has 0 radical (unpaired) electrons. The molecule has 0 amide bonds. The van der Waals surface area contributed by atoms with Crippen molar-refractivity contribution in [1.82, 2.24) is 19.7 Å². The summed E-state index contributed by atoms with van der Waals surface area (Å²) in [7, 11) is 1.73. The van der Waals surface area contributed by atoms with Gasteiger partial charge in [-0.15, -0.1) is 10.2 Å². The maximum atomic E-state index is 5.84. The first kappa shape index (κ1) is 23.4. The Kier molecular flexibility index (Phi) is 7.83. The normalized spacial score (nSPS) is 19.5. The number of methoxy groups -OCH3 is 1. The molecular formula is C27H34N4O2S. The number of nitrogens with zero attached hydrogens (tertiary/aromatic N) is 4. The highest BCUT2D eigenvalue weighted by Gasteiger charge is 2.27. The predicted molar refractivity (Wildman–Crippen MR) is 136 cm³/mol. The maximum Gasteiger partial charge on any atom is 0.191 e. The van der Waals surface area contributed by atoms with Gasteiger partial charge in [-0.05, 0) is 62.0 Å². The maximum absolute atomic E-state index is 5.84. The Morgan fingerprint density at radius 3 is 2.56 bits per heavy atom. The molecule has 0 saturated carbocycles. The minimum atomic E-state index is 0.343. The molecule has 5 rings (SSSR count). The molecule has 1 aromatic heterocycles. The number of aromatic nitrogens is 3. The third-order valence-electron chi connectivity index (χ3n) is 6.84. The second-order valence-electron chi connectivity index (χ2n) is 9.26. The molecule has 2 aliphatic rings. The number of hydrogen-bond donors (Lipinski definition) is 0. The van der Waals surface area contributed by atoms with Crippen LogP contribution in [0, 0.1) is 0 Å². The average molecular weight is 479 g/mol. The first-order valence-corrected chi connectivity index (χ1v) is 13.3. The summed E-state index contributed by atoms with van der Waals surface area (Å²) < 4.78 is 13.6. The molecule has 2 fully saturated rings. The summed E-state index contributed by atoms with van der Waals surface area (Å²) in [5.74, 6) is 3.45. The Morgan fingerprint density at radius 2 is 1.79 bits per heavy atom. The van der Waals surface area contributed by atoms with Crippen LogP contribution < -0.4 is 4.74 Å². The van der Waals surface area contributed by atoms with Gasteiger partial charge in [-0.2, -0.15) is 0 Å². The van der Waals surface area contributed by atoms with Crippen LogP contribution in [0.25, 0.3) is 0 Å². The van der Waals surface area contributed by atoms with Crippen molar-refractivity contribution >= 4 is 11.8 Å². The van der Waals surface area contributed by atoms with E-state index in [2.05, 4.69) is 63.1 Å². The Bertz CT molecular complexity index is 1040. The van der Waals surface area contributed by atoms with Crippen LogP contribution in [0.5, 0.6) is 5.75 Å². The Balaban J connectivity index is 1.26. The molecule has 180 valence electrons. The molecule has 0 bridgehead atoms. The minimum Gasteiger partial charge on any atom is -0.497 e. The molecule has 0 N–H and O–H groups in total. The van der Waals surface area contributed by atoms with Gasteiger partial charge < -0.3 is 14.0 Å². The first-order valence-electron chi connectivity index (χ1n) is 12.3. The lowest BCUT2D eigenvalue weighted by molar-refractivity contribution is 0.129. The van der Waals surface area contributed by atoms with Crippen molar-refractivity contribution in [2.45, 2.75) is 56.0 Å². The molecule has 2 aromatic carbocycles. The zero-order chi connectivity index (χ0) is 23.2. The number of benzene rings is 2. The van der Waals surface area contributed by atoms with Gasteiger partial charge in [0.05, 0.1) is 19.8 Å². The molecule has 1 unspecified atom stereocenters. The second kappa shape index (κ2) is 11.4. The molecule has 3 aromatic rings. The van der Waals surface area contributed by atoms with E-state index in [-0.39, 0.29) is 0 Å². The van der Waals surface area contributed by atoms with Crippen LogP contribution in [0.15, 0.2) is 59.8 Å². The van der Waals surface area contributed by atoms with Crippen molar-refractivity contribution in [2.75, 3.05) is 32.6 Å². The van der Waals surface area contributed by atoms with Gasteiger partial charge in [0, 0.05) is 24.8 Å². The third kappa shape index (κ3) is 5.82. The lowest BCUT2D eigenvalue weighted by Crippen LogP contribution is -2.33. The van der Waals surface area contributed by atoms with E-state index in [4.69, 9.17) is 14.6 Å². The van der Waals surface area contributed by atoms with Gasteiger partial charge in [-0.25, -0.2) is 0 Å². The fraction of sp³-hybridized carbons (Fsp3) is 0.481. The summed E-state index contributed by atoms with van der Waals surface area (Å²) in [6.45, 7) is 4.81. The average Bonchev–Trinajstić information content (AvgIpc) is 3.54. The molecule has 2 saturated heterocycles. The smallest absolute Gasteiger partial charge is 0.191 e. The van der Waals surface area contributed by atoms with Gasteiger partial charge >= 0.3 is 0 Å². The summed E-state index contributed by atoms with van der Waals surface area (Å²) in [4.78, 5) is 2.54. The Hall–Kier alpha value is -2.35. The molecule has 6 nitrogen and oxygen atoms in total. The SMILES string of the molecule is COc1cccc(CN2CCC(c3nnc(SCC4CCCO4)n3Cc3ccccc3)CC2)c1. The molecule has 34 heavy (non-hydrogen) atoms. The number of ether oxygens (including phenoxy) is 2. The second-order valence-corrected chi connectivity index (χ2v) is 10.2. The van der Waals surface area contributed by atoms with E-state index < -0.39 is 0 Å². The lowest BCUT2D eigenvalue weighted by Gasteiger charge is -2.31. The van der Waals surface area contributed by atoms with E-state index in [1.807, 2.05) is 6.07 Å². The fourth-order valence-electron chi connectivity index (χ4n) is 4.94. The quantitative estimate of drug-likeness (QED) is 0.404. The Morgan fingerprint density at radius 1 is 0.971 bits per heavy atom. The largest absolute Gasteiger partial charge is 0.497 e. The van der Waals surface area contributed by atoms with E-state index in [0.29, 0.717) is 12.0 Å². The summed E-state index contributed by atoms with van der Waals surface area (Å²) >= 11 is 1.80. The summed E-state index contributed by atoms with van der Waals surface area (Å²) in [6.07, 6.45) is 4.87. The lowest BCUT2D eigenvalue weighted by atomic mass is 9.95. The molecule has 0 aliphatic carbocycles. The van der Waals surface area contributed by atoms with Gasteiger partial charge in [0.25, 0.3) is 0 Å². The van der Waals surface area contributed by atoms with Crippen molar-refractivity contribution in [2.24, 2.45) is 0 Å². The fourth-order valence-corrected chi connectivity index (χ4v) is 5.96. The van der Waals surface area contributed by atoms with E-state index in [1.54, 1.807) is 18.9 Å². The van der Waals surface area contributed by atoms with Crippen molar-refractivity contribution in [3.8, 4) is 5.75 Å².